The number of nitrogens with zero attached hydrogens (tertiary/aromatic N) is 1. The number of hydrogen-bond donors (Lipinski definition) is 1. The van der Waals surface area contributed by atoms with Crippen molar-refractivity contribution >= 4 is 27.6 Å². The molecular formula is C20H24N2O5S. The molecule has 7 nitrogen and oxygen atoms in total. The van der Waals surface area contributed by atoms with Gasteiger partial charge in [0, 0.05) is 19.8 Å². The zero-order chi connectivity index (χ0) is 20.9. The van der Waals surface area contributed by atoms with Crippen molar-refractivity contribution in [1.29, 1.82) is 0 Å². The first-order valence-corrected chi connectivity index (χ1v) is 10.1. The molecule has 2 rings (SSSR count). The molecular weight excluding hydrogens is 380 g/mol. The van der Waals surface area contributed by atoms with Crippen LogP contribution in [0.25, 0.3) is 0 Å². The van der Waals surface area contributed by atoms with E-state index in [2.05, 4.69) is 5.32 Å². The maximum absolute atomic E-state index is 12.1. The molecule has 0 aromatic heterocycles. The molecule has 2 aromatic rings. The lowest BCUT2D eigenvalue weighted by Crippen LogP contribution is -2.23. The van der Waals surface area contributed by atoms with Crippen LogP contribution in [0, 0.1) is 13.8 Å². The number of carbonyl (C=O) groups is 2. The van der Waals surface area contributed by atoms with Gasteiger partial charge in [-0.2, -0.15) is 0 Å². The Balaban J connectivity index is 1.92. The summed E-state index contributed by atoms with van der Waals surface area (Å²) in [5.41, 5.74) is 3.33. The minimum atomic E-state index is -3.61. The monoisotopic (exact) mass is 404 g/mol. The second kappa shape index (κ2) is 8.99. The van der Waals surface area contributed by atoms with Crippen LogP contribution in [0.1, 0.15) is 16.7 Å². The summed E-state index contributed by atoms with van der Waals surface area (Å²) in [5, 5.41) is 2.53. The van der Waals surface area contributed by atoms with Gasteiger partial charge in [-0.25, -0.2) is 12.7 Å². The lowest BCUT2D eigenvalue weighted by atomic mass is 10.0. The Morgan fingerprint density at radius 2 is 1.75 bits per heavy atom. The van der Waals surface area contributed by atoms with Crippen LogP contribution in [-0.4, -0.2) is 45.3 Å². The van der Waals surface area contributed by atoms with Crippen molar-refractivity contribution in [2.75, 3.05) is 26.0 Å². The molecule has 0 saturated heterocycles. The summed E-state index contributed by atoms with van der Waals surface area (Å²) < 4.78 is 30.4. The third-order valence-corrected chi connectivity index (χ3v) is 5.99. The molecule has 0 fully saturated rings. The molecule has 0 atom stereocenters. The maximum atomic E-state index is 12.1. The van der Waals surface area contributed by atoms with E-state index in [1.807, 2.05) is 32.0 Å². The average Bonchev–Trinajstić information content (AvgIpc) is 2.63. The molecule has 0 bridgehead atoms. The van der Waals surface area contributed by atoms with Gasteiger partial charge in [-0.1, -0.05) is 24.3 Å². The van der Waals surface area contributed by atoms with Gasteiger partial charge in [-0.05, 0) is 48.7 Å². The highest BCUT2D eigenvalue weighted by atomic mass is 32.2. The van der Waals surface area contributed by atoms with E-state index in [1.54, 1.807) is 6.07 Å². The van der Waals surface area contributed by atoms with Crippen molar-refractivity contribution in [3.63, 3.8) is 0 Å². The Morgan fingerprint density at radius 1 is 1.04 bits per heavy atom. The summed E-state index contributed by atoms with van der Waals surface area (Å²) in [6.45, 7) is 3.50. The van der Waals surface area contributed by atoms with Crippen LogP contribution in [0.15, 0.2) is 47.4 Å². The highest BCUT2D eigenvalue weighted by Gasteiger charge is 2.18. The summed E-state index contributed by atoms with van der Waals surface area (Å²) in [6, 6.07) is 11.6. The highest BCUT2D eigenvalue weighted by molar-refractivity contribution is 7.89. The van der Waals surface area contributed by atoms with Crippen molar-refractivity contribution in [2.45, 2.75) is 25.2 Å². The normalized spacial score (nSPS) is 11.3. The number of ether oxygens (including phenoxy) is 1. The van der Waals surface area contributed by atoms with Crippen molar-refractivity contribution in [3.8, 4) is 0 Å². The van der Waals surface area contributed by atoms with Gasteiger partial charge in [-0.15, -0.1) is 0 Å². The van der Waals surface area contributed by atoms with Crippen molar-refractivity contribution < 1.29 is 22.7 Å². The van der Waals surface area contributed by atoms with Gasteiger partial charge in [0.1, 0.15) is 0 Å². The number of carbonyl (C=O) groups excluding carboxylic acids is 2. The molecule has 8 heteroatoms. The lowest BCUT2D eigenvalue weighted by Gasteiger charge is -2.12. The van der Waals surface area contributed by atoms with Crippen LogP contribution in [0.5, 0.6) is 0 Å². The number of amides is 1. The smallest absolute Gasteiger partial charge is 0.310 e. The van der Waals surface area contributed by atoms with E-state index >= 15 is 0 Å². The molecule has 2 aromatic carbocycles. The first-order valence-electron chi connectivity index (χ1n) is 8.64. The van der Waals surface area contributed by atoms with Crippen LogP contribution < -0.4 is 5.32 Å². The molecule has 0 aliphatic carbocycles. The summed E-state index contributed by atoms with van der Waals surface area (Å²) in [5.74, 6) is -1.06. The quantitative estimate of drug-likeness (QED) is 0.715. The zero-order valence-electron chi connectivity index (χ0n) is 16.4. The third-order valence-electron chi connectivity index (χ3n) is 4.18. The number of sulfonamides is 1. The van der Waals surface area contributed by atoms with Crippen LogP contribution in [-0.2, 0) is 30.8 Å². The van der Waals surface area contributed by atoms with Crippen LogP contribution >= 0.6 is 0 Å². The molecule has 0 spiro atoms. The molecule has 0 saturated carbocycles. The van der Waals surface area contributed by atoms with E-state index in [0.29, 0.717) is 5.69 Å². The topological polar surface area (TPSA) is 92.8 Å². The Morgan fingerprint density at radius 3 is 2.39 bits per heavy atom. The molecule has 0 radical (unpaired) electrons. The number of hydrogen-bond acceptors (Lipinski definition) is 5. The van der Waals surface area contributed by atoms with Gasteiger partial charge in [0.15, 0.2) is 6.61 Å². The Bertz CT molecular complexity index is 984. The number of rotatable bonds is 7. The highest BCUT2D eigenvalue weighted by Crippen LogP contribution is 2.18. The fourth-order valence-corrected chi connectivity index (χ4v) is 3.37. The standard InChI is InChI=1S/C20H24N2O5S/c1-14-8-9-16(10-15(14)2)11-20(24)27-13-19(23)21-17-6-5-7-18(12-17)28(25,26)22(3)4/h5-10,12H,11,13H2,1-4H3,(H,21,23). The van der Waals surface area contributed by atoms with Gasteiger partial charge in [0.25, 0.3) is 5.91 Å². The summed E-state index contributed by atoms with van der Waals surface area (Å²) in [7, 11) is -0.753. The maximum Gasteiger partial charge on any atom is 0.310 e. The van der Waals surface area contributed by atoms with E-state index in [9.17, 15) is 18.0 Å². The van der Waals surface area contributed by atoms with Gasteiger partial charge < -0.3 is 10.1 Å². The van der Waals surface area contributed by atoms with E-state index in [1.165, 1.54) is 32.3 Å². The second-order valence-corrected chi connectivity index (χ2v) is 8.77. The van der Waals surface area contributed by atoms with Gasteiger partial charge in [-0.3, -0.25) is 9.59 Å². The van der Waals surface area contributed by atoms with Gasteiger partial charge in [0.05, 0.1) is 11.3 Å². The molecule has 0 heterocycles. The van der Waals surface area contributed by atoms with Gasteiger partial charge in [0.2, 0.25) is 10.0 Å². The first kappa shape index (κ1) is 21.6. The second-order valence-electron chi connectivity index (χ2n) is 6.62. The minimum absolute atomic E-state index is 0.0574. The molecule has 28 heavy (non-hydrogen) atoms. The Labute approximate surface area is 165 Å². The minimum Gasteiger partial charge on any atom is -0.455 e. The molecule has 1 N–H and O–H groups in total. The molecule has 0 aliphatic heterocycles. The Kier molecular flexibility index (Phi) is 6.93. The number of benzene rings is 2. The average molecular weight is 404 g/mol. The number of nitrogens with one attached hydrogen (secondary N) is 1. The van der Waals surface area contributed by atoms with Crippen molar-refractivity contribution in [2.24, 2.45) is 0 Å². The van der Waals surface area contributed by atoms with Crippen LogP contribution in [0.2, 0.25) is 0 Å². The Hall–Kier alpha value is -2.71. The van der Waals surface area contributed by atoms with E-state index in [-0.39, 0.29) is 11.3 Å². The third kappa shape index (κ3) is 5.64. The predicted molar refractivity (Wildman–Crippen MR) is 107 cm³/mol. The van der Waals surface area contributed by atoms with Crippen LogP contribution in [0.4, 0.5) is 5.69 Å². The fraction of sp³-hybridized carbons (Fsp3) is 0.300. The lowest BCUT2D eigenvalue weighted by molar-refractivity contribution is -0.146. The summed E-state index contributed by atoms with van der Waals surface area (Å²) >= 11 is 0. The predicted octanol–water partition coefficient (Wildman–Crippen LogP) is 2.28. The van der Waals surface area contributed by atoms with Crippen LogP contribution in [0.3, 0.4) is 0 Å². The van der Waals surface area contributed by atoms with Crippen molar-refractivity contribution in [1.82, 2.24) is 4.31 Å². The van der Waals surface area contributed by atoms with E-state index < -0.39 is 28.5 Å². The van der Waals surface area contributed by atoms with E-state index in [0.717, 1.165) is 21.0 Å². The van der Waals surface area contributed by atoms with Gasteiger partial charge >= 0.3 is 5.97 Å². The number of esters is 1. The van der Waals surface area contributed by atoms with Crippen molar-refractivity contribution in [3.05, 3.63) is 59.2 Å². The number of anilines is 1. The number of aryl methyl sites for hydroxylation is 2. The summed E-state index contributed by atoms with van der Waals surface area (Å²) in [6.07, 6.45) is 0.0744. The zero-order valence-corrected chi connectivity index (χ0v) is 17.2. The largest absolute Gasteiger partial charge is 0.455 e. The molecule has 1 amide bonds. The van der Waals surface area contributed by atoms with E-state index in [4.69, 9.17) is 4.74 Å². The first-order chi connectivity index (χ1) is 13.1. The fourth-order valence-electron chi connectivity index (χ4n) is 2.42. The SMILES string of the molecule is Cc1ccc(CC(=O)OCC(=O)Nc2cccc(S(=O)(=O)N(C)C)c2)cc1C. The molecule has 0 aliphatic rings. The summed E-state index contributed by atoms with van der Waals surface area (Å²) in [4.78, 5) is 24.0. The molecule has 0 unspecified atom stereocenters. The molecule has 150 valence electrons.